The number of fused-ring (bicyclic) bond motifs is 1. The van der Waals surface area contributed by atoms with Crippen LogP contribution < -0.4 is 11.3 Å². The lowest BCUT2D eigenvalue weighted by molar-refractivity contribution is 0.556. The highest BCUT2D eigenvalue weighted by atomic mass is 32.1. The first-order valence-corrected chi connectivity index (χ1v) is 7.27. The van der Waals surface area contributed by atoms with Crippen LogP contribution in [-0.4, -0.2) is 0 Å². The lowest BCUT2D eigenvalue weighted by Crippen LogP contribution is -2.29. The fourth-order valence-electron chi connectivity index (χ4n) is 2.46. The van der Waals surface area contributed by atoms with E-state index in [4.69, 9.17) is 5.84 Å². The average molecular weight is 268 g/mol. The van der Waals surface area contributed by atoms with Gasteiger partial charge in [0.2, 0.25) is 0 Å². The Balaban J connectivity index is 2.01. The molecule has 19 heavy (non-hydrogen) atoms. The van der Waals surface area contributed by atoms with Crippen molar-refractivity contribution in [2.24, 2.45) is 5.84 Å². The van der Waals surface area contributed by atoms with E-state index >= 15 is 0 Å². The molecule has 96 valence electrons. The SMILES string of the molecule is NNC(Cc1ccsc1)c1cccc2ccccc12. The molecule has 2 aromatic carbocycles. The maximum atomic E-state index is 5.77. The molecule has 0 aliphatic carbocycles. The van der Waals surface area contributed by atoms with Gasteiger partial charge in [0.05, 0.1) is 6.04 Å². The lowest BCUT2D eigenvalue weighted by Gasteiger charge is -2.18. The van der Waals surface area contributed by atoms with Gasteiger partial charge in [-0.1, -0.05) is 42.5 Å². The Hall–Kier alpha value is -1.68. The number of benzene rings is 2. The molecule has 3 aromatic rings. The van der Waals surface area contributed by atoms with E-state index in [-0.39, 0.29) is 6.04 Å². The highest BCUT2D eigenvalue weighted by Crippen LogP contribution is 2.26. The molecule has 0 aliphatic heterocycles. The minimum absolute atomic E-state index is 0.140. The van der Waals surface area contributed by atoms with Gasteiger partial charge in [0.15, 0.2) is 0 Å². The summed E-state index contributed by atoms with van der Waals surface area (Å²) in [6.07, 6.45) is 0.911. The summed E-state index contributed by atoms with van der Waals surface area (Å²) in [6, 6.07) is 17.1. The molecule has 1 unspecified atom stereocenters. The van der Waals surface area contributed by atoms with E-state index in [1.807, 2.05) is 0 Å². The monoisotopic (exact) mass is 268 g/mol. The Kier molecular flexibility index (Phi) is 3.60. The predicted octanol–water partition coefficient (Wildman–Crippen LogP) is 3.65. The molecular formula is C16H16N2S. The summed E-state index contributed by atoms with van der Waals surface area (Å²) in [7, 11) is 0. The van der Waals surface area contributed by atoms with Gasteiger partial charge in [0.25, 0.3) is 0 Å². The highest BCUT2D eigenvalue weighted by molar-refractivity contribution is 7.07. The largest absolute Gasteiger partial charge is 0.271 e. The number of hydrogen-bond donors (Lipinski definition) is 2. The van der Waals surface area contributed by atoms with Crippen LogP contribution in [0, 0.1) is 0 Å². The summed E-state index contributed by atoms with van der Waals surface area (Å²) in [6.45, 7) is 0. The van der Waals surface area contributed by atoms with E-state index < -0.39 is 0 Å². The molecule has 3 N–H and O–H groups in total. The number of rotatable bonds is 4. The fourth-order valence-corrected chi connectivity index (χ4v) is 3.14. The topological polar surface area (TPSA) is 38.0 Å². The van der Waals surface area contributed by atoms with E-state index in [9.17, 15) is 0 Å². The molecule has 0 bridgehead atoms. The van der Waals surface area contributed by atoms with Gasteiger partial charge in [-0.2, -0.15) is 11.3 Å². The van der Waals surface area contributed by atoms with E-state index in [0.717, 1.165) is 6.42 Å². The van der Waals surface area contributed by atoms with Crippen molar-refractivity contribution in [1.82, 2.24) is 5.43 Å². The molecule has 0 radical (unpaired) electrons. The molecule has 0 amide bonds. The van der Waals surface area contributed by atoms with Crippen molar-refractivity contribution in [3.63, 3.8) is 0 Å². The van der Waals surface area contributed by atoms with E-state index in [2.05, 4.69) is 64.7 Å². The summed E-state index contributed by atoms with van der Waals surface area (Å²) < 4.78 is 0. The smallest absolute Gasteiger partial charge is 0.0506 e. The molecule has 1 aromatic heterocycles. The van der Waals surface area contributed by atoms with Gasteiger partial charge in [0.1, 0.15) is 0 Å². The molecule has 3 rings (SSSR count). The van der Waals surface area contributed by atoms with Crippen molar-refractivity contribution in [3.05, 3.63) is 70.4 Å². The second-order valence-electron chi connectivity index (χ2n) is 4.62. The molecular weight excluding hydrogens is 252 g/mol. The zero-order valence-electron chi connectivity index (χ0n) is 10.5. The van der Waals surface area contributed by atoms with Gasteiger partial charge in [-0.05, 0) is 45.1 Å². The first kappa shape index (κ1) is 12.4. The summed E-state index contributed by atoms with van der Waals surface area (Å²) in [4.78, 5) is 0. The van der Waals surface area contributed by atoms with Crippen molar-refractivity contribution in [2.75, 3.05) is 0 Å². The van der Waals surface area contributed by atoms with Crippen LogP contribution in [0.3, 0.4) is 0 Å². The quantitative estimate of drug-likeness (QED) is 0.560. The Morgan fingerprint density at radius 2 is 1.89 bits per heavy atom. The van der Waals surface area contributed by atoms with Crippen molar-refractivity contribution in [3.8, 4) is 0 Å². The summed E-state index contributed by atoms with van der Waals surface area (Å²) >= 11 is 1.72. The lowest BCUT2D eigenvalue weighted by atomic mass is 9.95. The van der Waals surface area contributed by atoms with Crippen LogP contribution in [0.4, 0.5) is 0 Å². The fraction of sp³-hybridized carbons (Fsp3) is 0.125. The summed E-state index contributed by atoms with van der Waals surface area (Å²) in [5, 5.41) is 6.80. The van der Waals surface area contributed by atoms with Gasteiger partial charge in [-0.3, -0.25) is 11.3 Å². The van der Waals surface area contributed by atoms with Crippen LogP contribution >= 0.6 is 11.3 Å². The van der Waals surface area contributed by atoms with E-state index in [1.54, 1.807) is 11.3 Å². The number of hydrogen-bond acceptors (Lipinski definition) is 3. The average Bonchev–Trinajstić information content (AvgIpc) is 2.97. The molecule has 0 aliphatic rings. The molecule has 3 heteroatoms. The number of hydrazine groups is 1. The first-order chi connectivity index (χ1) is 9.38. The van der Waals surface area contributed by atoms with Crippen LogP contribution in [0.15, 0.2) is 59.3 Å². The Morgan fingerprint density at radius 3 is 2.68 bits per heavy atom. The Bertz CT molecular complexity index is 656. The minimum atomic E-state index is 0.140. The Morgan fingerprint density at radius 1 is 1.05 bits per heavy atom. The third-order valence-corrected chi connectivity index (χ3v) is 4.15. The molecule has 1 heterocycles. The predicted molar refractivity (Wildman–Crippen MR) is 82.0 cm³/mol. The second kappa shape index (κ2) is 5.53. The summed E-state index contributed by atoms with van der Waals surface area (Å²) in [5.41, 5.74) is 5.53. The van der Waals surface area contributed by atoms with Crippen molar-refractivity contribution in [2.45, 2.75) is 12.5 Å². The second-order valence-corrected chi connectivity index (χ2v) is 5.40. The van der Waals surface area contributed by atoms with Crippen molar-refractivity contribution >= 4 is 22.1 Å². The van der Waals surface area contributed by atoms with Gasteiger partial charge in [0, 0.05) is 0 Å². The van der Waals surface area contributed by atoms with Crippen molar-refractivity contribution in [1.29, 1.82) is 0 Å². The number of nitrogens with two attached hydrogens (primary N) is 1. The molecule has 0 saturated carbocycles. The van der Waals surface area contributed by atoms with E-state index in [0.29, 0.717) is 0 Å². The molecule has 1 atom stereocenters. The molecule has 0 spiro atoms. The highest BCUT2D eigenvalue weighted by Gasteiger charge is 2.13. The van der Waals surface area contributed by atoms with Gasteiger partial charge in [-0.15, -0.1) is 0 Å². The maximum absolute atomic E-state index is 5.77. The molecule has 2 nitrogen and oxygen atoms in total. The molecule has 0 fully saturated rings. The molecule has 0 saturated heterocycles. The normalized spacial score (nSPS) is 12.7. The number of nitrogens with one attached hydrogen (secondary N) is 1. The third-order valence-electron chi connectivity index (χ3n) is 3.42. The first-order valence-electron chi connectivity index (χ1n) is 6.33. The van der Waals surface area contributed by atoms with Crippen LogP contribution in [0.25, 0.3) is 10.8 Å². The zero-order valence-corrected chi connectivity index (χ0v) is 11.4. The standard InChI is InChI=1S/C16H16N2S/c17-18-16(10-12-8-9-19-11-12)15-7-3-5-13-4-1-2-6-14(13)15/h1-9,11,16,18H,10,17H2. The van der Waals surface area contributed by atoms with Gasteiger partial charge in [-0.25, -0.2) is 0 Å². The number of thiophene rings is 1. The van der Waals surface area contributed by atoms with Crippen LogP contribution in [0.5, 0.6) is 0 Å². The minimum Gasteiger partial charge on any atom is -0.271 e. The maximum Gasteiger partial charge on any atom is 0.0506 e. The Labute approximate surface area is 116 Å². The summed E-state index contributed by atoms with van der Waals surface area (Å²) in [5.74, 6) is 5.77. The van der Waals surface area contributed by atoms with E-state index in [1.165, 1.54) is 21.9 Å². The van der Waals surface area contributed by atoms with Crippen molar-refractivity contribution < 1.29 is 0 Å². The zero-order chi connectivity index (χ0) is 13.1. The third kappa shape index (κ3) is 2.54. The van der Waals surface area contributed by atoms with Crippen LogP contribution in [-0.2, 0) is 6.42 Å². The van der Waals surface area contributed by atoms with Crippen LogP contribution in [0.2, 0.25) is 0 Å². The van der Waals surface area contributed by atoms with Gasteiger partial charge < -0.3 is 0 Å². The van der Waals surface area contributed by atoms with Crippen LogP contribution in [0.1, 0.15) is 17.2 Å². The van der Waals surface area contributed by atoms with Gasteiger partial charge >= 0.3 is 0 Å².